The third kappa shape index (κ3) is 2.35. The van der Waals surface area contributed by atoms with Gasteiger partial charge in [-0.1, -0.05) is 25.0 Å². The number of benzene rings is 1. The lowest BCUT2D eigenvalue weighted by molar-refractivity contribution is -0.313. The molecular weight excluding hydrogens is 228 g/mol. The third-order valence-corrected chi connectivity index (χ3v) is 3.63. The van der Waals surface area contributed by atoms with Gasteiger partial charge in [-0.25, -0.2) is 0 Å². The molecule has 0 spiro atoms. The van der Waals surface area contributed by atoms with Gasteiger partial charge in [0.05, 0.1) is 12.1 Å². The first-order valence-electron chi connectivity index (χ1n) is 6.53. The lowest BCUT2D eigenvalue weighted by Gasteiger charge is -2.30. The maximum atomic E-state index is 11.4. The van der Waals surface area contributed by atoms with Crippen molar-refractivity contribution in [1.29, 1.82) is 0 Å². The molecule has 1 aromatic carbocycles. The molecule has 0 bridgehead atoms. The van der Waals surface area contributed by atoms with Gasteiger partial charge in [-0.05, 0) is 44.4 Å². The molecule has 98 valence electrons. The average Bonchev–Trinajstić information content (AvgIpc) is 2.79. The maximum absolute atomic E-state index is 11.4. The molecule has 0 aliphatic heterocycles. The largest absolute Gasteiger partial charge is 0.549 e. The van der Waals surface area contributed by atoms with Crippen LogP contribution in [0.1, 0.15) is 45.1 Å². The molecule has 18 heavy (non-hydrogen) atoms. The standard InChI is InChI=1S/C15H20O3/c1-11(2)18-13-7-5-12(6-8-13)15(14(16)17)9-3-4-10-15/h5-8,11H,3-4,9-10H2,1-2H3,(H,16,17)/p-1. The summed E-state index contributed by atoms with van der Waals surface area (Å²) < 4.78 is 5.56. The number of carbonyl (C=O) groups is 1. The monoisotopic (exact) mass is 247 g/mol. The number of rotatable bonds is 4. The molecular formula is C15H19O3-. The Bertz CT molecular complexity index is 414. The van der Waals surface area contributed by atoms with Crippen molar-refractivity contribution in [3.63, 3.8) is 0 Å². The first-order chi connectivity index (χ1) is 8.54. The van der Waals surface area contributed by atoms with Crippen molar-refractivity contribution in [1.82, 2.24) is 0 Å². The smallest absolute Gasteiger partial charge is 0.119 e. The number of carboxylic acids is 1. The van der Waals surface area contributed by atoms with E-state index >= 15 is 0 Å². The molecule has 1 fully saturated rings. The van der Waals surface area contributed by atoms with Gasteiger partial charge in [0.25, 0.3) is 0 Å². The summed E-state index contributed by atoms with van der Waals surface area (Å²) in [7, 11) is 0. The second-order valence-electron chi connectivity index (χ2n) is 5.27. The van der Waals surface area contributed by atoms with Crippen LogP contribution in [0.25, 0.3) is 0 Å². The van der Waals surface area contributed by atoms with E-state index in [-0.39, 0.29) is 6.10 Å². The third-order valence-electron chi connectivity index (χ3n) is 3.63. The summed E-state index contributed by atoms with van der Waals surface area (Å²) in [5, 5.41) is 11.4. The van der Waals surface area contributed by atoms with Crippen molar-refractivity contribution in [2.45, 2.75) is 51.0 Å². The normalized spacial score (nSPS) is 17.9. The van der Waals surface area contributed by atoms with Gasteiger partial charge in [0.15, 0.2) is 0 Å². The molecule has 0 aromatic heterocycles. The van der Waals surface area contributed by atoms with Gasteiger partial charge < -0.3 is 14.6 Å². The Morgan fingerprint density at radius 2 is 1.78 bits per heavy atom. The Morgan fingerprint density at radius 3 is 2.22 bits per heavy atom. The van der Waals surface area contributed by atoms with Gasteiger partial charge in [0.1, 0.15) is 5.75 Å². The summed E-state index contributed by atoms with van der Waals surface area (Å²) in [6, 6.07) is 7.41. The zero-order chi connectivity index (χ0) is 13.2. The fraction of sp³-hybridized carbons (Fsp3) is 0.533. The van der Waals surface area contributed by atoms with Crippen LogP contribution in [-0.4, -0.2) is 12.1 Å². The minimum Gasteiger partial charge on any atom is -0.549 e. The van der Waals surface area contributed by atoms with Gasteiger partial charge in [-0.3, -0.25) is 0 Å². The molecule has 0 radical (unpaired) electrons. The quantitative estimate of drug-likeness (QED) is 0.818. The van der Waals surface area contributed by atoms with Crippen LogP contribution >= 0.6 is 0 Å². The van der Waals surface area contributed by atoms with Gasteiger partial charge in [0.2, 0.25) is 0 Å². The lowest BCUT2D eigenvalue weighted by Crippen LogP contribution is -2.43. The molecule has 0 saturated heterocycles. The van der Waals surface area contributed by atoms with Crippen molar-refractivity contribution >= 4 is 5.97 Å². The van der Waals surface area contributed by atoms with Crippen molar-refractivity contribution in [2.24, 2.45) is 0 Å². The van der Waals surface area contributed by atoms with Crippen molar-refractivity contribution in [3.05, 3.63) is 29.8 Å². The topological polar surface area (TPSA) is 49.4 Å². The average molecular weight is 247 g/mol. The Balaban J connectivity index is 2.25. The molecule has 0 N–H and O–H groups in total. The highest BCUT2D eigenvalue weighted by atomic mass is 16.5. The summed E-state index contributed by atoms with van der Waals surface area (Å²) >= 11 is 0. The van der Waals surface area contributed by atoms with E-state index < -0.39 is 11.4 Å². The number of hydrogen-bond acceptors (Lipinski definition) is 3. The van der Waals surface area contributed by atoms with E-state index in [2.05, 4.69) is 0 Å². The highest BCUT2D eigenvalue weighted by molar-refractivity contribution is 5.80. The SMILES string of the molecule is CC(C)Oc1ccc(C2(C(=O)[O-])CCCC2)cc1. The molecule has 0 atom stereocenters. The number of aliphatic carboxylic acids is 1. The summed E-state index contributed by atoms with van der Waals surface area (Å²) in [4.78, 5) is 11.4. The van der Waals surface area contributed by atoms with E-state index in [1.807, 2.05) is 38.1 Å². The van der Waals surface area contributed by atoms with Crippen LogP contribution in [0, 0.1) is 0 Å². The first kappa shape index (κ1) is 12.9. The highest BCUT2D eigenvalue weighted by Crippen LogP contribution is 2.41. The summed E-state index contributed by atoms with van der Waals surface area (Å²) in [6.07, 6.45) is 3.40. The fourth-order valence-electron chi connectivity index (χ4n) is 2.71. The molecule has 0 amide bonds. The van der Waals surface area contributed by atoms with Crippen LogP contribution < -0.4 is 9.84 Å². The van der Waals surface area contributed by atoms with E-state index in [1.165, 1.54) is 0 Å². The second kappa shape index (κ2) is 5.01. The molecule has 1 aliphatic carbocycles. The molecule has 0 heterocycles. The van der Waals surface area contributed by atoms with E-state index in [4.69, 9.17) is 4.74 Å². The number of carbonyl (C=O) groups excluding carboxylic acids is 1. The predicted octanol–water partition coefficient (Wildman–Crippen LogP) is 2.04. The maximum Gasteiger partial charge on any atom is 0.119 e. The van der Waals surface area contributed by atoms with Crippen molar-refractivity contribution in [2.75, 3.05) is 0 Å². The molecule has 1 aliphatic rings. The summed E-state index contributed by atoms with van der Waals surface area (Å²) in [5.41, 5.74) is 0.0622. The van der Waals surface area contributed by atoms with Gasteiger partial charge in [0, 0.05) is 5.41 Å². The van der Waals surface area contributed by atoms with E-state index in [0.29, 0.717) is 12.8 Å². The number of carboxylic acid groups (broad SMARTS) is 1. The predicted molar refractivity (Wildman–Crippen MR) is 67.4 cm³/mol. The number of ether oxygens (including phenoxy) is 1. The fourth-order valence-corrected chi connectivity index (χ4v) is 2.71. The molecule has 3 heteroatoms. The molecule has 1 aromatic rings. The number of hydrogen-bond donors (Lipinski definition) is 0. The Kier molecular flexibility index (Phi) is 3.60. The molecule has 1 saturated carbocycles. The van der Waals surface area contributed by atoms with E-state index in [9.17, 15) is 9.90 Å². The minimum atomic E-state index is -0.947. The zero-order valence-corrected chi connectivity index (χ0v) is 10.9. The van der Waals surface area contributed by atoms with E-state index in [0.717, 1.165) is 24.2 Å². The Labute approximate surface area is 108 Å². The van der Waals surface area contributed by atoms with Crippen LogP contribution in [-0.2, 0) is 10.2 Å². The van der Waals surface area contributed by atoms with Gasteiger partial charge in [-0.15, -0.1) is 0 Å². The molecule has 2 rings (SSSR count). The van der Waals surface area contributed by atoms with Gasteiger partial charge in [-0.2, -0.15) is 0 Å². The molecule has 3 nitrogen and oxygen atoms in total. The highest BCUT2D eigenvalue weighted by Gasteiger charge is 2.36. The van der Waals surface area contributed by atoms with Crippen LogP contribution in [0.15, 0.2) is 24.3 Å². The van der Waals surface area contributed by atoms with Crippen LogP contribution in [0.4, 0.5) is 0 Å². The van der Waals surface area contributed by atoms with Crippen LogP contribution in [0.5, 0.6) is 5.75 Å². The summed E-state index contributed by atoms with van der Waals surface area (Å²) in [5.74, 6) is -0.169. The van der Waals surface area contributed by atoms with Crippen molar-refractivity contribution in [3.8, 4) is 5.75 Å². The van der Waals surface area contributed by atoms with E-state index in [1.54, 1.807) is 0 Å². The van der Waals surface area contributed by atoms with Crippen molar-refractivity contribution < 1.29 is 14.6 Å². The Morgan fingerprint density at radius 1 is 1.22 bits per heavy atom. The second-order valence-corrected chi connectivity index (χ2v) is 5.27. The zero-order valence-electron chi connectivity index (χ0n) is 10.9. The lowest BCUT2D eigenvalue weighted by atomic mass is 9.79. The molecule has 0 unspecified atom stereocenters. The van der Waals surface area contributed by atoms with Crippen LogP contribution in [0.2, 0.25) is 0 Å². The Hall–Kier alpha value is -1.51. The van der Waals surface area contributed by atoms with Crippen LogP contribution in [0.3, 0.4) is 0 Å². The minimum absolute atomic E-state index is 0.123. The summed E-state index contributed by atoms with van der Waals surface area (Å²) in [6.45, 7) is 3.93. The van der Waals surface area contributed by atoms with Gasteiger partial charge >= 0.3 is 0 Å². The first-order valence-corrected chi connectivity index (χ1v) is 6.53.